The van der Waals surface area contributed by atoms with Gasteiger partial charge in [-0.3, -0.25) is 10.1 Å². The molecule has 1 aliphatic rings. The van der Waals surface area contributed by atoms with Crippen molar-refractivity contribution in [2.45, 2.75) is 18.9 Å². The van der Waals surface area contributed by atoms with Crippen molar-refractivity contribution in [3.63, 3.8) is 0 Å². The summed E-state index contributed by atoms with van der Waals surface area (Å²) in [7, 11) is 1.31. The summed E-state index contributed by atoms with van der Waals surface area (Å²) in [4.78, 5) is 32.9. The fraction of sp³-hybridized carbons (Fsp3) is 0.154. The molecule has 38 heavy (non-hydrogen) atoms. The van der Waals surface area contributed by atoms with Gasteiger partial charge in [0.1, 0.15) is 12.2 Å². The number of imidazole rings is 1. The first kappa shape index (κ1) is 23.6. The molecule has 2 N–H and O–H groups in total. The molecular formula is C26H21ClN8O3. The van der Waals surface area contributed by atoms with Crippen molar-refractivity contribution in [2.75, 3.05) is 12.4 Å². The van der Waals surface area contributed by atoms with Gasteiger partial charge in [0.05, 0.1) is 30.7 Å². The number of hydrogen-bond acceptors (Lipinski definition) is 7. The van der Waals surface area contributed by atoms with Crippen LogP contribution in [0.4, 0.5) is 10.5 Å². The van der Waals surface area contributed by atoms with E-state index in [-0.39, 0.29) is 11.6 Å². The van der Waals surface area contributed by atoms with E-state index in [1.54, 1.807) is 39.7 Å². The molecule has 5 aromatic rings. The topological polar surface area (TPSA) is 133 Å². The quantitative estimate of drug-likeness (QED) is 0.348. The van der Waals surface area contributed by atoms with Crippen LogP contribution in [0.3, 0.4) is 0 Å². The second-order valence-corrected chi connectivity index (χ2v) is 9.23. The van der Waals surface area contributed by atoms with E-state index in [0.717, 1.165) is 40.2 Å². The van der Waals surface area contributed by atoms with Crippen LogP contribution in [0.15, 0.2) is 71.9 Å². The van der Waals surface area contributed by atoms with Gasteiger partial charge < -0.3 is 14.3 Å². The lowest BCUT2D eigenvalue weighted by molar-refractivity contribution is 0.187. The van der Waals surface area contributed by atoms with E-state index < -0.39 is 6.09 Å². The number of aromatic amines is 1. The Kier molecular flexibility index (Phi) is 5.97. The number of nitrogens with zero attached hydrogens (tertiary/aromatic N) is 6. The first-order chi connectivity index (χ1) is 18.5. The van der Waals surface area contributed by atoms with E-state index in [1.165, 1.54) is 13.4 Å². The molecule has 12 heteroatoms. The van der Waals surface area contributed by atoms with E-state index in [2.05, 4.69) is 35.5 Å². The van der Waals surface area contributed by atoms with Crippen molar-refractivity contribution in [3.05, 3.63) is 94.0 Å². The van der Waals surface area contributed by atoms with Crippen molar-refractivity contribution in [2.24, 2.45) is 0 Å². The number of carbonyl (C=O) groups is 1. The summed E-state index contributed by atoms with van der Waals surface area (Å²) in [6.07, 6.45) is 4.12. The van der Waals surface area contributed by atoms with E-state index in [9.17, 15) is 9.59 Å². The maximum Gasteiger partial charge on any atom is 0.411 e. The number of H-pyrrole nitrogens is 1. The first-order valence-corrected chi connectivity index (χ1v) is 12.2. The molecule has 0 saturated carbocycles. The van der Waals surface area contributed by atoms with E-state index in [1.807, 2.05) is 30.3 Å². The summed E-state index contributed by atoms with van der Waals surface area (Å²) >= 11 is 6.30. The molecule has 0 radical (unpaired) electrons. The molecule has 0 aliphatic carbocycles. The van der Waals surface area contributed by atoms with Gasteiger partial charge in [-0.05, 0) is 65.2 Å². The third-order valence-corrected chi connectivity index (χ3v) is 6.75. The Morgan fingerprint density at radius 1 is 1.16 bits per heavy atom. The lowest BCUT2D eigenvalue weighted by atomic mass is 10.0. The van der Waals surface area contributed by atoms with Crippen LogP contribution in [-0.2, 0) is 11.2 Å². The highest BCUT2D eigenvalue weighted by molar-refractivity contribution is 6.31. The van der Waals surface area contributed by atoms with Crippen LogP contribution in [0.25, 0.3) is 28.1 Å². The Bertz CT molecular complexity index is 1710. The van der Waals surface area contributed by atoms with Crippen LogP contribution in [-0.4, -0.2) is 47.9 Å². The zero-order valence-electron chi connectivity index (χ0n) is 20.1. The molecule has 1 amide bonds. The van der Waals surface area contributed by atoms with Crippen LogP contribution >= 0.6 is 11.6 Å². The Hall–Kier alpha value is -4.77. The van der Waals surface area contributed by atoms with E-state index >= 15 is 0 Å². The predicted octanol–water partition coefficient (Wildman–Crippen LogP) is 4.25. The fourth-order valence-electron chi connectivity index (χ4n) is 4.81. The Balaban J connectivity index is 1.33. The molecule has 0 bridgehead atoms. The number of methoxy groups -OCH3 is 1. The summed E-state index contributed by atoms with van der Waals surface area (Å²) in [5, 5.41) is 14.6. The maximum atomic E-state index is 13.4. The summed E-state index contributed by atoms with van der Waals surface area (Å²) in [6.45, 7) is 0. The number of aryl methyl sites for hydroxylation is 1. The number of fused-ring (bicyclic) bond motifs is 1. The predicted molar refractivity (Wildman–Crippen MR) is 140 cm³/mol. The zero-order valence-corrected chi connectivity index (χ0v) is 20.9. The van der Waals surface area contributed by atoms with Gasteiger partial charge in [0.15, 0.2) is 0 Å². The number of tetrazole rings is 1. The van der Waals surface area contributed by atoms with Crippen molar-refractivity contribution < 1.29 is 9.53 Å². The molecule has 190 valence electrons. The molecule has 3 aromatic heterocycles. The molecule has 0 unspecified atom stereocenters. The Labute approximate surface area is 221 Å². The van der Waals surface area contributed by atoms with Crippen LogP contribution in [0.2, 0.25) is 5.02 Å². The maximum absolute atomic E-state index is 13.4. The second kappa shape index (κ2) is 9.60. The van der Waals surface area contributed by atoms with Crippen LogP contribution in [0, 0.1) is 0 Å². The Morgan fingerprint density at radius 2 is 2.05 bits per heavy atom. The number of aromatic nitrogens is 7. The highest BCUT2D eigenvalue weighted by Gasteiger charge is 2.28. The normalized spacial score (nSPS) is 14.3. The molecule has 1 atom stereocenters. The largest absolute Gasteiger partial charge is 0.453 e. The fourth-order valence-corrected chi connectivity index (χ4v) is 4.98. The lowest BCUT2D eigenvalue weighted by Crippen LogP contribution is -2.23. The number of pyridine rings is 1. The standard InChI is InChI=1S/C26H21ClN8O3/c1-38-26(37)30-18-4-2-3-15(9-18)21-13-28-25(31-21)23-8-6-19-10-16(11-24(36)35(19)23)20-12-17(27)5-7-22(20)34-14-29-32-33-34/h2-5,7,9-14,23H,6,8H2,1H3,(H,28,31)(H,30,37)/t23-/m0/s1. The van der Waals surface area contributed by atoms with E-state index in [4.69, 9.17) is 11.6 Å². The number of halogens is 1. The highest BCUT2D eigenvalue weighted by Crippen LogP contribution is 2.34. The summed E-state index contributed by atoms with van der Waals surface area (Å²) in [6, 6.07) is 16.1. The third kappa shape index (κ3) is 4.33. The molecule has 11 nitrogen and oxygen atoms in total. The van der Waals surface area contributed by atoms with Gasteiger partial charge in [-0.1, -0.05) is 23.7 Å². The number of amides is 1. The molecule has 1 aliphatic heterocycles. The minimum atomic E-state index is -0.545. The molecule has 0 saturated heterocycles. The number of hydrogen-bond donors (Lipinski definition) is 2. The first-order valence-electron chi connectivity index (χ1n) is 11.8. The number of carbonyl (C=O) groups excluding carboxylic acids is 1. The second-order valence-electron chi connectivity index (χ2n) is 8.79. The highest BCUT2D eigenvalue weighted by atomic mass is 35.5. The number of benzene rings is 2. The van der Waals surface area contributed by atoms with Crippen molar-refractivity contribution in [1.29, 1.82) is 0 Å². The summed E-state index contributed by atoms with van der Waals surface area (Å²) in [5.41, 5.74) is 5.21. The molecule has 0 spiro atoms. The molecule has 4 heterocycles. The van der Waals surface area contributed by atoms with Gasteiger partial charge in [0.25, 0.3) is 5.56 Å². The van der Waals surface area contributed by atoms with Gasteiger partial charge in [-0.25, -0.2) is 9.78 Å². The smallest absolute Gasteiger partial charge is 0.411 e. The number of ether oxygens (including phenoxy) is 1. The van der Waals surface area contributed by atoms with Crippen LogP contribution < -0.4 is 10.9 Å². The minimum absolute atomic E-state index is 0.134. The lowest BCUT2D eigenvalue weighted by Gasteiger charge is -2.15. The molecular weight excluding hydrogens is 508 g/mol. The van der Waals surface area contributed by atoms with Gasteiger partial charge in [-0.15, -0.1) is 5.10 Å². The van der Waals surface area contributed by atoms with Gasteiger partial charge >= 0.3 is 6.09 Å². The molecule has 2 aromatic carbocycles. The number of nitrogens with one attached hydrogen (secondary N) is 2. The van der Waals surface area contributed by atoms with Crippen molar-refractivity contribution in [1.82, 2.24) is 34.7 Å². The molecule has 6 rings (SSSR count). The average Bonchev–Trinajstić information content (AvgIpc) is 3.69. The summed E-state index contributed by atoms with van der Waals surface area (Å²) < 4.78 is 7.99. The van der Waals surface area contributed by atoms with Gasteiger partial charge in [0, 0.05) is 33.6 Å². The summed E-state index contributed by atoms with van der Waals surface area (Å²) in [5.74, 6) is 0.692. The van der Waals surface area contributed by atoms with Crippen LogP contribution in [0.1, 0.15) is 24.0 Å². The average molecular weight is 529 g/mol. The minimum Gasteiger partial charge on any atom is -0.453 e. The number of anilines is 1. The van der Waals surface area contributed by atoms with Gasteiger partial charge in [-0.2, -0.15) is 4.68 Å². The van der Waals surface area contributed by atoms with Crippen molar-refractivity contribution >= 4 is 23.4 Å². The van der Waals surface area contributed by atoms with Crippen LogP contribution in [0.5, 0.6) is 0 Å². The van der Waals surface area contributed by atoms with E-state index in [0.29, 0.717) is 23.0 Å². The van der Waals surface area contributed by atoms with Crippen molar-refractivity contribution in [3.8, 4) is 28.1 Å². The third-order valence-electron chi connectivity index (χ3n) is 6.52. The SMILES string of the molecule is COC(=O)Nc1cccc(-c2cnc([C@@H]3CCc4cc(-c5cc(Cl)ccc5-n5cnnn5)cc(=O)n43)[nH]2)c1. The monoisotopic (exact) mass is 528 g/mol. The van der Waals surface area contributed by atoms with Gasteiger partial charge in [0.2, 0.25) is 0 Å². The zero-order chi connectivity index (χ0) is 26.2. The molecule has 0 fully saturated rings. The Morgan fingerprint density at radius 3 is 2.87 bits per heavy atom. The number of rotatable bonds is 5.